The minimum absolute atomic E-state index is 0.0311. The van der Waals surface area contributed by atoms with E-state index in [2.05, 4.69) is 28.8 Å². The second kappa shape index (κ2) is 8.21. The molecule has 0 atom stereocenters. The van der Waals surface area contributed by atoms with E-state index >= 15 is 0 Å². The van der Waals surface area contributed by atoms with Crippen molar-refractivity contribution in [2.75, 3.05) is 19.6 Å². The van der Waals surface area contributed by atoms with E-state index in [-0.39, 0.29) is 12.5 Å². The monoisotopic (exact) mass is 380 g/mol. The lowest BCUT2D eigenvalue weighted by molar-refractivity contribution is 0.0948. The van der Waals surface area contributed by atoms with Crippen molar-refractivity contribution in [3.63, 3.8) is 0 Å². The van der Waals surface area contributed by atoms with Gasteiger partial charge in [-0.25, -0.2) is 0 Å². The molecule has 2 aromatic carbocycles. The zero-order valence-corrected chi connectivity index (χ0v) is 16.0. The molecule has 0 unspecified atom stereocenters. The highest BCUT2D eigenvalue weighted by Gasteiger charge is 2.16. The maximum atomic E-state index is 12.5. The number of carbonyl (C=O) groups is 1. The summed E-state index contributed by atoms with van der Waals surface area (Å²) >= 11 is 1.54. The molecule has 0 spiro atoms. The summed E-state index contributed by atoms with van der Waals surface area (Å²) < 4.78 is 1.12. The Kier molecular flexibility index (Phi) is 5.53. The quantitative estimate of drug-likeness (QED) is 0.631. The maximum absolute atomic E-state index is 12.5. The van der Waals surface area contributed by atoms with Gasteiger partial charge < -0.3 is 15.7 Å². The number of aliphatic hydroxyl groups is 1. The predicted octanol–water partition coefficient (Wildman–Crippen LogP) is 3.79. The number of rotatable bonds is 5. The Morgan fingerprint density at radius 2 is 1.81 bits per heavy atom. The second-order valence-electron chi connectivity index (χ2n) is 7.12. The van der Waals surface area contributed by atoms with Gasteiger partial charge in [-0.05, 0) is 66.1 Å². The fourth-order valence-electron chi connectivity index (χ4n) is 3.54. The van der Waals surface area contributed by atoms with Gasteiger partial charge in [0.1, 0.15) is 0 Å². The van der Waals surface area contributed by atoms with E-state index < -0.39 is 0 Å². The molecule has 4 nitrogen and oxygen atoms in total. The number of nitrogens with one attached hydrogen (secondary N) is 2. The summed E-state index contributed by atoms with van der Waals surface area (Å²) in [5, 5.41) is 16.7. The summed E-state index contributed by atoms with van der Waals surface area (Å²) in [5.41, 5.74) is 3.14. The first-order valence-corrected chi connectivity index (χ1v) is 10.3. The molecule has 3 N–H and O–H groups in total. The third kappa shape index (κ3) is 4.21. The van der Waals surface area contributed by atoms with E-state index in [0.29, 0.717) is 5.92 Å². The minimum Gasteiger partial charge on any atom is -0.392 e. The standard InChI is InChI=1S/C22H24N2O2S/c25-14-16-1-3-17(4-2-16)18-5-6-19-12-21(27-20(19)11-18)22(26)24-13-15-7-9-23-10-8-15/h1-6,11-12,15,23,25H,7-10,13-14H2,(H,24,26). The van der Waals surface area contributed by atoms with Gasteiger partial charge in [-0.15, -0.1) is 11.3 Å². The van der Waals surface area contributed by atoms with Crippen molar-refractivity contribution in [2.45, 2.75) is 19.4 Å². The van der Waals surface area contributed by atoms with Crippen LogP contribution in [0.3, 0.4) is 0 Å². The van der Waals surface area contributed by atoms with Crippen LogP contribution in [0.25, 0.3) is 21.2 Å². The van der Waals surface area contributed by atoms with Crippen LogP contribution in [0, 0.1) is 5.92 Å². The molecule has 2 heterocycles. The molecule has 140 valence electrons. The normalized spacial score (nSPS) is 15.1. The van der Waals surface area contributed by atoms with Crippen LogP contribution < -0.4 is 10.6 Å². The molecule has 1 saturated heterocycles. The first-order valence-electron chi connectivity index (χ1n) is 9.45. The van der Waals surface area contributed by atoms with Crippen LogP contribution >= 0.6 is 11.3 Å². The number of hydrogen-bond acceptors (Lipinski definition) is 4. The number of aliphatic hydroxyl groups excluding tert-OH is 1. The molecule has 4 rings (SSSR count). The van der Waals surface area contributed by atoms with Crippen molar-refractivity contribution in [1.29, 1.82) is 0 Å². The van der Waals surface area contributed by atoms with Gasteiger partial charge in [0.2, 0.25) is 0 Å². The zero-order valence-electron chi connectivity index (χ0n) is 15.2. The Labute approximate surface area is 163 Å². The van der Waals surface area contributed by atoms with Crippen LogP contribution in [-0.2, 0) is 6.61 Å². The van der Waals surface area contributed by atoms with E-state index in [9.17, 15) is 9.90 Å². The second-order valence-corrected chi connectivity index (χ2v) is 8.21. The predicted molar refractivity (Wildman–Crippen MR) is 111 cm³/mol. The number of amides is 1. The van der Waals surface area contributed by atoms with Gasteiger partial charge in [0.15, 0.2) is 0 Å². The van der Waals surface area contributed by atoms with E-state index in [0.717, 1.165) is 64.1 Å². The summed E-state index contributed by atoms with van der Waals surface area (Å²) in [6.07, 6.45) is 2.26. The zero-order chi connectivity index (χ0) is 18.6. The summed E-state index contributed by atoms with van der Waals surface area (Å²) in [4.78, 5) is 13.3. The van der Waals surface area contributed by atoms with Gasteiger partial charge in [-0.3, -0.25) is 4.79 Å². The molecule has 0 aliphatic carbocycles. The summed E-state index contributed by atoms with van der Waals surface area (Å²) in [6, 6.07) is 16.2. The number of hydrogen-bond donors (Lipinski definition) is 3. The van der Waals surface area contributed by atoms with Crippen molar-refractivity contribution < 1.29 is 9.90 Å². The fourth-order valence-corrected chi connectivity index (χ4v) is 4.55. The average Bonchev–Trinajstić information content (AvgIpc) is 3.16. The highest BCUT2D eigenvalue weighted by Crippen LogP contribution is 2.30. The molecule has 1 aromatic heterocycles. The molecule has 1 aliphatic rings. The number of thiophene rings is 1. The molecule has 27 heavy (non-hydrogen) atoms. The lowest BCUT2D eigenvalue weighted by Crippen LogP contribution is -2.35. The Morgan fingerprint density at radius 3 is 2.56 bits per heavy atom. The Balaban J connectivity index is 1.48. The van der Waals surface area contributed by atoms with Gasteiger partial charge in [0, 0.05) is 11.2 Å². The van der Waals surface area contributed by atoms with Crippen molar-refractivity contribution in [2.24, 2.45) is 5.92 Å². The van der Waals surface area contributed by atoms with E-state index in [1.54, 1.807) is 11.3 Å². The Morgan fingerprint density at radius 1 is 1.07 bits per heavy atom. The molecule has 0 bridgehead atoms. The highest BCUT2D eigenvalue weighted by atomic mass is 32.1. The Bertz CT molecular complexity index is 927. The topological polar surface area (TPSA) is 61.4 Å². The number of benzene rings is 2. The van der Waals surface area contributed by atoms with E-state index in [1.165, 1.54) is 0 Å². The molecule has 3 aromatic rings. The SMILES string of the molecule is O=C(NCC1CCNCC1)c1cc2ccc(-c3ccc(CO)cc3)cc2s1. The van der Waals surface area contributed by atoms with Crippen molar-refractivity contribution >= 4 is 27.3 Å². The van der Waals surface area contributed by atoms with Crippen molar-refractivity contribution in [3.05, 3.63) is 59.0 Å². The molecular weight excluding hydrogens is 356 g/mol. The first-order chi connectivity index (χ1) is 13.2. The smallest absolute Gasteiger partial charge is 0.261 e. The molecule has 1 aliphatic heterocycles. The highest BCUT2D eigenvalue weighted by molar-refractivity contribution is 7.20. The maximum Gasteiger partial charge on any atom is 0.261 e. The van der Waals surface area contributed by atoms with Crippen LogP contribution in [0.5, 0.6) is 0 Å². The fraction of sp³-hybridized carbons (Fsp3) is 0.318. The molecule has 1 fully saturated rings. The summed E-state index contributed by atoms with van der Waals surface area (Å²) in [5.74, 6) is 0.613. The van der Waals surface area contributed by atoms with Crippen LogP contribution in [0.15, 0.2) is 48.5 Å². The molecular formula is C22H24N2O2S. The molecule has 5 heteroatoms. The lowest BCUT2D eigenvalue weighted by atomic mass is 9.98. The third-order valence-electron chi connectivity index (χ3n) is 5.22. The summed E-state index contributed by atoms with van der Waals surface area (Å²) in [6.45, 7) is 2.91. The van der Waals surface area contributed by atoms with Crippen molar-refractivity contribution in [1.82, 2.24) is 10.6 Å². The largest absolute Gasteiger partial charge is 0.392 e. The van der Waals surface area contributed by atoms with Gasteiger partial charge in [-0.2, -0.15) is 0 Å². The van der Waals surface area contributed by atoms with Gasteiger partial charge in [-0.1, -0.05) is 36.4 Å². The van der Waals surface area contributed by atoms with E-state index in [1.807, 2.05) is 30.3 Å². The number of fused-ring (bicyclic) bond motifs is 1. The number of piperidine rings is 1. The third-order valence-corrected chi connectivity index (χ3v) is 6.32. The molecule has 0 radical (unpaired) electrons. The van der Waals surface area contributed by atoms with Crippen LogP contribution in [0.1, 0.15) is 28.1 Å². The Hall–Kier alpha value is -2.21. The van der Waals surface area contributed by atoms with Gasteiger partial charge in [0.05, 0.1) is 11.5 Å². The van der Waals surface area contributed by atoms with Gasteiger partial charge >= 0.3 is 0 Å². The average molecular weight is 381 g/mol. The molecule has 0 saturated carbocycles. The first kappa shape index (κ1) is 18.2. The van der Waals surface area contributed by atoms with Crippen LogP contribution in [0.4, 0.5) is 0 Å². The van der Waals surface area contributed by atoms with Gasteiger partial charge in [0.25, 0.3) is 5.91 Å². The lowest BCUT2D eigenvalue weighted by Gasteiger charge is -2.22. The van der Waals surface area contributed by atoms with Crippen molar-refractivity contribution in [3.8, 4) is 11.1 Å². The number of carbonyl (C=O) groups excluding carboxylic acids is 1. The summed E-state index contributed by atoms with van der Waals surface area (Å²) in [7, 11) is 0. The van der Waals surface area contributed by atoms with E-state index in [4.69, 9.17) is 0 Å². The van der Waals surface area contributed by atoms with Crippen LogP contribution in [-0.4, -0.2) is 30.6 Å². The van der Waals surface area contributed by atoms with Crippen LogP contribution in [0.2, 0.25) is 0 Å². The minimum atomic E-state index is 0.0311. The molecule has 1 amide bonds.